The minimum absolute atomic E-state index is 0.156. The number of dihydropyridines is 1. The zero-order valence-electron chi connectivity index (χ0n) is 6.47. The lowest BCUT2D eigenvalue weighted by molar-refractivity contribution is -0.164. The van der Waals surface area contributed by atoms with E-state index in [1.54, 1.807) is 0 Å². The molecular weight excluding hydrogens is 169 g/mol. The van der Waals surface area contributed by atoms with Crippen LogP contribution in [0.4, 0.5) is 13.2 Å². The van der Waals surface area contributed by atoms with Crippen molar-refractivity contribution in [3.8, 4) is 0 Å². The highest BCUT2D eigenvalue weighted by atomic mass is 19.4. The zero-order chi connectivity index (χ0) is 9.35. The molecule has 0 bridgehead atoms. The highest BCUT2D eigenvalue weighted by molar-refractivity contribution is 5.92. The van der Waals surface area contributed by atoms with E-state index in [1.807, 2.05) is 0 Å². The van der Waals surface area contributed by atoms with Gasteiger partial charge in [0.25, 0.3) is 0 Å². The van der Waals surface area contributed by atoms with Gasteiger partial charge >= 0.3 is 6.18 Å². The average Bonchev–Trinajstić information content (AvgIpc) is 1.83. The number of rotatable bonds is 0. The van der Waals surface area contributed by atoms with Crippen LogP contribution in [0.25, 0.3) is 0 Å². The minimum Gasteiger partial charge on any atom is -0.384 e. The molecule has 12 heavy (non-hydrogen) atoms. The van der Waals surface area contributed by atoms with E-state index in [0.29, 0.717) is 0 Å². The first-order chi connectivity index (χ1) is 5.41. The van der Waals surface area contributed by atoms with Gasteiger partial charge in [-0.1, -0.05) is 6.08 Å². The quantitative estimate of drug-likeness (QED) is 0.599. The van der Waals surface area contributed by atoms with Crippen molar-refractivity contribution < 1.29 is 13.2 Å². The van der Waals surface area contributed by atoms with Crippen molar-refractivity contribution in [3.05, 3.63) is 12.2 Å². The maximum absolute atomic E-state index is 12.2. The van der Waals surface area contributed by atoms with Crippen LogP contribution < -0.4 is 5.73 Å². The summed E-state index contributed by atoms with van der Waals surface area (Å²) < 4.78 is 36.5. The topological polar surface area (TPSA) is 38.4 Å². The molecule has 2 N–H and O–H groups in total. The molecule has 2 atom stereocenters. The van der Waals surface area contributed by atoms with Crippen molar-refractivity contribution in [1.29, 1.82) is 0 Å². The second kappa shape index (κ2) is 2.80. The predicted octanol–water partition coefficient (Wildman–Crippen LogP) is 1.48. The Morgan fingerprint density at radius 1 is 1.50 bits per heavy atom. The van der Waals surface area contributed by atoms with Crippen molar-refractivity contribution >= 4 is 5.84 Å². The van der Waals surface area contributed by atoms with Crippen LogP contribution in [-0.4, -0.2) is 18.1 Å². The number of nitrogens with two attached hydrogens (primary N) is 1. The highest BCUT2D eigenvalue weighted by Crippen LogP contribution is 2.32. The molecule has 0 spiro atoms. The van der Waals surface area contributed by atoms with Crippen molar-refractivity contribution in [1.82, 2.24) is 0 Å². The summed E-state index contributed by atoms with van der Waals surface area (Å²) in [4.78, 5) is 3.62. The van der Waals surface area contributed by atoms with Crippen molar-refractivity contribution in [2.75, 3.05) is 0 Å². The zero-order valence-corrected chi connectivity index (χ0v) is 6.47. The van der Waals surface area contributed by atoms with Gasteiger partial charge in [0.05, 0.1) is 12.0 Å². The lowest BCUT2D eigenvalue weighted by Gasteiger charge is -2.23. The van der Waals surface area contributed by atoms with E-state index in [4.69, 9.17) is 5.73 Å². The second-order valence-corrected chi connectivity index (χ2v) is 2.72. The van der Waals surface area contributed by atoms with Crippen LogP contribution in [0, 0.1) is 5.92 Å². The molecule has 1 heterocycles. The van der Waals surface area contributed by atoms with E-state index >= 15 is 0 Å². The summed E-state index contributed by atoms with van der Waals surface area (Å²) in [7, 11) is 0. The third-order valence-electron chi connectivity index (χ3n) is 1.72. The van der Waals surface area contributed by atoms with Gasteiger partial charge in [-0.05, 0) is 13.0 Å². The number of hydrogen-bond acceptors (Lipinski definition) is 2. The molecule has 1 rings (SSSR count). The normalized spacial score (nSPS) is 30.2. The molecule has 1 aliphatic rings. The van der Waals surface area contributed by atoms with Crippen LogP contribution in [0.3, 0.4) is 0 Å². The van der Waals surface area contributed by atoms with Gasteiger partial charge in [0.15, 0.2) is 0 Å². The summed E-state index contributed by atoms with van der Waals surface area (Å²) in [6.07, 6.45) is -1.98. The fraction of sp³-hybridized carbons (Fsp3) is 0.571. The summed E-state index contributed by atoms with van der Waals surface area (Å²) in [5.74, 6) is -1.34. The fourth-order valence-corrected chi connectivity index (χ4v) is 1.10. The Hall–Kier alpha value is -1.00. The van der Waals surface area contributed by atoms with Gasteiger partial charge in [-0.2, -0.15) is 13.2 Å². The summed E-state index contributed by atoms with van der Waals surface area (Å²) in [6.45, 7) is 1.40. The number of aliphatic imine (C=N–C) groups is 1. The van der Waals surface area contributed by atoms with E-state index in [9.17, 15) is 13.2 Å². The second-order valence-electron chi connectivity index (χ2n) is 2.72. The van der Waals surface area contributed by atoms with E-state index in [0.717, 1.165) is 6.08 Å². The first-order valence-corrected chi connectivity index (χ1v) is 3.49. The summed E-state index contributed by atoms with van der Waals surface area (Å²) in [5, 5.41) is 0. The Morgan fingerprint density at radius 3 is 2.50 bits per heavy atom. The molecule has 68 valence electrons. The van der Waals surface area contributed by atoms with Gasteiger partial charge in [0, 0.05) is 0 Å². The monoisotopic (exact) mass is 178 g/mol. The van der Waals surface area contributed by atoms with Crippen LogP contribution in [0.1, 0.15) is 6.92 Å². The summed E-state index contributed by atoms with van der Waals surface area (Å²) in [5.41, 5.74) is 5.23. The highest BCUT2D eigenvalue weighted by Gasteiger charge is 2.42. The number of amidine groups is 1. The number of nitrogens with zero attached hydrogens (tertiary/aromatic N) is 1. The van der Waals surface area contributed by atoms with Gasteiger partial charge in [-0.3, -0.25) is 4.99 Å². The van der Waals surface area contributed by atoms with Crippen LogP contribution >= 0.6 is 0 Å². The minimum atomic E-state index is -4.22. The predicted molar refractivity (Wildman–Crippen MR) is 39.8 cm³/mol. The molecule has 0 amide bonds. The first kappa shape index (κ1) is 9.09. The Bertz CT molecular complexity index is 229. The van der Waals surface area contributed by atoms with E-state index in [2.05, 4.69) is 4.99 Å². The molecule has 2 nitrogen and oxygen atoms in total. The van der Waals surface area contributed by atoms with E-state index in [-0.39, 0.29) is 5.84 Å². The molecule has 0 fully saturated rings. The largest absolute Gasteiger partial charge is 0.397 e. The van der Waals surface area contributed by atoms with Gasteiger partial charge in [-0.25, -0.2) is 0 Å². The van der Waals surface area contributed by atoms with Crippen LogP contribution in [0.15, 0.2) is 17.1 Å². The lowest BCUT2D eigenvalue weighted by atomic mass is 9.98. The summed E-state index contributed by atoms with van der Waals surface area (Å²) >= 11 is 0. The Morgan fingerprint density at radius 2 is 2.08 bits per heavy atom. The maximum Gasteiger partial charge on any atom is 0.397 e. The Labute approximate surface area is 68.0 Å². The van der Waals surface area contributed by atoms with Gasteiger partial charge in [0.2, 0.25) is 0 Å². The van der Waals surface area contributed by atoms with Gasteiger partial charge in [-0.15, -0.1) is 0 Å². The molecular formula is C7H9F3N2. The smallest absolute Gasteiger partial charge is 0.384 e. The van der Waals surface area contributed by atoms with Crippen molar-refractivity contribution in [2.24, 2.45) is 16.6 Å². The number of hydrogen-bond donors (Lipinski definition) is 1. The molecule has 1 aliphatic heterocycles. The third-order valence-corrected chi connectivity index (χ3v) is 1.72. The molecule has 0 aromatic heterocycles. The number of alkyl halides is 3. The SMILES string of the molecule is CC1N=C(N)C=CC1C(F)(F)F. The third kappa shape index (κ3) is 1.78. The van der Waals surface area contributed by atoms with Crippen molar-refractivity contribution in [3.63, 3.8) is 0 Å². The number of halogens is 3. The molecule has 2 unspecified atom stereocenters. The van der Waals surface area contributed by atoms with Crippen LogP contribution in [0.5, 0.6) is 0 Å². The molecule has 0 radical (unpaired) electrons. The maximum atomic E-state index is 12.2. The van der Waals surface area contributed by atoms with Gasteiger partial charge < -0.3 is 5.73 Å². The van der Waals surface area contributed by atoms with E-state index < -0.39 is 18.1 Å². The molecule has 0 aromatic rings. The lowest BCUT2D eigenvalue weighted by Crippen LogP contribution is -2.33. The molecule has 0 aliphatic carbocycles. The summed E-state index contributed by atoms with van der Waals surface area (Å²) in [6, 6.07) is -0.810. The van der Waals surface area contributed by atoms with Crippen LogP contribution in [-0.2, 0) is 0 Å². The van der Waals surface area contributed by atoms with Crippen LogP contribution in [0.2, 0.25) is 0 Å². The molecule has 5 heteroatoms. The first-order valence-electron chi connectivity index (χ1n) is 3.49. The fourth-order valence-electron chi connectivity index (χ4n) is 1.10. The Kier molecular flexibility index (Phi) is 2.12. The molecule has 0 saturated heterocycles. The molecule has 0 aromatic carbocycles. The van der Waals surface area contributed by atoms with Gasteiger partial charge in [0.1, 0.15) is 5.84 Å². The average molecular weight is 178 g/mol. The molecule has 0 saturated carbocycles. The van der Waals surface area contributed by atoms with E-state index in [1.165, 1.54) is 13.0 Å². The Balaban J connectivity index is 2.80. The standard InChI is InChI=1S/C7H9F3N2/c1-4-5(7(8,9)10)2-3-6(11)12-4/h2-5H,1H3,(H2,11,12). The van der Waals surface area contributed by atoms with Crippen molar-refractivity contribution in [2.45, 2.75) is 19.1 Å².